The third kappa shape index (κ3) is 5.67. The first-order chi connectivity index (χ1) is 12.0. The normalized spacial score (nSPS) is 13.1. The molecule has 1 aromatic carbocycles. The molecule has 3 N–H and O–H groups in total. The van der Waals surface area contributed by atoms with Gasteiger partial charge in [-0.1, -0.05) is 30.3 Å². The Morgan fingerprint density at radius 3 is 2.60 bits per heavy atom. The zero-order valence-electron chi connectivity index (χ0n) is 13.8. The summed E-state index contributed by atoms with van der Waals surface area (Å²) < 4.78 is 5.06. The van der Waals surface area contributed by atoms with Crippen LogP contribution in [0.4, 0.5) is 4.79 Å². The van der Waals surface area contributed by atoms with Crippen LogP contribution in [-0.4, -0.2) is 34.7 Å². The van der Waals surface area contributed by atoms with Crippen LogP contribution in [0.25, 0.3) is 0 Å². The summed E-state index contributed by atoms with van der Waals surface area (Å²) >= 11 is 1.23. The van der Waals surface area contributed by atoms with Gasteiger partial charge >= 0.3 is 6.09 Å². The number of benzene rings is 1. The van der Waals surface area contributed by atoms with Crippen LogP contribution in [0.5, 0.6) is 0 Å². The fourth-order valence-electron chi connectivity index (χ4n) is 2.30. The maximum atomic E-state index is 11.6. The van der Waals surface area contributed by atoms with Gasteiger partial charge in [0, 0.05) is 12.1 Å². The number of ketones is 1. The van der Waals surface area contributed by atoms with Gasteiger partial charge in [0.25, 0.3) is 0 Å². The molecule has 7 heteroatoms. The molecule has 0 bridgehead atoms. The first kappa shape index (κ1) is 19.1. The number of carbonyl (C=O) groups excluding carboxylic acids is 2. The Hall–Kier alpha value is -2.22. The average molecular weight is 363 g/mol. The highest BCUT2D eigenvalue weighted by Gasteiger charge is 2.23. The fraction of sp³-hybridized carbons (Fsp3) is 0.333. The molecule has 1 amide bonds. The fourth-order valence-corrected chi connectivity index (χ4v) is 3.14. The van der Waals surface area contributed by atoms with Gasteiger partial charge in [0.15, 0.2) is 5.78 Å². The van der Waals surface area contributed by atoms with Crippen LogP contribution < -0.4 is 5.32 Å². The van der Waals surface area contributed by atoms with Crippen molar-refractivity contribution in [3.05, 3.63) is 57.8 Å². The van der Waals surface area contributed by atoms with Crippen molar-refractivity contribution < 1.29 is 24.5 Å². The van der Waals surface area contributed by atoms with Crippen LogP contribution in [0.3, 0.4) is 0 Å². The lowest BCUT2D eigenvalue weighted by Gasteiger charge is -2.18. The Labute approximate surface area is 150 Å². The quantitative estimate of drug-likeness (QED) is 0.627. The average Bonchev–Trinajstić information content (AvgIpc) is 3.10. The van der Waals surface area contributed by atoms with Gasteiger partial charge in [0.2, 0.25) is 0 Å². The van der Waals surface area contributed by atoms with Crippen LogP contribution >= 0.6 is 11.3 Å². The van der Waals surface area contributed by atoms with Crippen molar-refractivity contribution in [3.63, 3.8) is 0 Å². The lowest BCUT2D eigenvalue weighted by molar-refractivity contribution is 0.0135. The van der Waals surface area contributed by atoms with E-state index in [0.29, 0.717) is 10.4 Å². The minimum absolute atomic E-state index is 0.134. The van der Waals surface area contributed by atoms with E-state index in [2.05, 4.69) is 5.32 Å². The molecular weight excluding hydrogens is 342 g/mol. The second-order valence-electron chi connectivity index (χ2n) is 5.55. The number of hydrogen-bond donors (Lipinski definition) is 3. The molecule has 0 aliphatic carbocycles. The Morgan fingerprint density at radius 1 is 1.20 bits per heavy atom. The number of alkyl carbamates (subject to hydrolysis) is 1. The molecule has 2 unspecified atom stereocenters. The smallest absolute Gasteiger partial charge is 0.407 e. The maximum absolute atomic E-state index is 11.6. The minimum atomic E-state index is -1.17. The van der Waals surface area contributed by atoms with Gasteiger partial charge in [-0.25, -0.2) is 4.79 Å². The van der Waals surface area contributed by atoms with E-state index in [-0.39, 0.29) is 25.4 Å². The standard InChI is InChI=1S/C18H21NO5S/c1-12(20)17-14(8-10-25-17)16(22)15(21)7-9-19-18(23)24-11-13-5-3-2-4-6-13/h2-6,8,10,15-16,21-22H,7,9,11H2,1H3,(H,19,23). The molecule has 1 aromatic heterocycles. The van der Waals surface area contributed by atoms with Crippen LogP contribution in [0.1, 0.15) is 40.2 Å². The van der Waals surface area contributed by atoms with Crippen molar-refractivity contribution >= 4 is 23.2 Å². The summed E-state index contributed by atoms with van der Waals surface area (Å²) in [5.41, 5.74) is 1.29. The molecule has 0 radical (unpaired) electrons. The molecule has 1 heterocycles. The highest BCUT2D eigenvalue weighted by molar-refractivity contribution is 7.12. The van der Waals surface area contributed by atoms with Crippen molar-refractivity contribution in [3.8, 4) is 0 Å². The molecule has 0 fully saturated rings. The summed E-state index contributed by atoms with van der Waals surface area (Å²) in [7, 11) is 0. The highest BCUT2D eigenvalue weighted by Crippen LogP contribution is 2.27. The molecule has 25 heavy (non-hydrogen) atoms. The SMILES string of the molecule is CC(=O)c1sccc1C(O)C(O)CCNC(=O)OCc1ccccc1. The molecule has 134 valence electrons. The molecular formula is C18H21NO5S. The van der Waals surface area contributed by atoms with Crippen LogP contribution in [0, 0.1) is 0 Å². The monoisotopic (exact) mass is 363 g/mol. The molecule has 2 rings (SSSR count). The molecule has 0 aliphatic rings. The lowest BCUT2D eigenvalue weighted by atomic mass is 10.0. The number of thiophene rings is 1. The van der Waals surface area contributed by atoms with E-state index in [9.17, 15) is 19.8 Å². The predicted molar refractivity (Wildman–Crippen MR) is 94.5 cm³/mol. The van der Waals surface area contributed by atoms with Crippen molar-refractivity contribution in [1.29, 1.82) is 0 Å². The van der Waals surface area contributed by atoms with E-state index in [1.54, 1.807) is 11.4 Å². The number of rotatable bonds is 8. The maximum Gasteiger partial charge on any atom is 0.407 e. The van der Waals surface area contributed by atoms with Crippen molar-refractivity contribution in [1.82, 2.24) is 5.32 Å². The zero-order valence-corrected chi connectivity index (χ0v) is 14.7. The number of aliphatic hydroxyl groups excluding tert-OH is 2. The minimum Gasteiger partial charge on any atom is -0.445 e. The lowest BCUT2D eigenvalue weighted by Crippen LogP contribution is -2.30. The number of carbonyl (C=O) groups is 2. The molecule has 0 spiro atoms. The first-order valence-electron chi connectivity index (χ1n) is 7.88. The number of aliphatic hydroxyl groups is 2. The molecule has 0 saturated heterocycles. The third-order valence-corrected chi connectivity index (χ3v) is 4.65. The van der Waals surface area contributed by atoms with E-state index in [0.717, 1.165) is 5.56 Å². The zero-order chi connectivity index (χ0) is 18.2. The van der Waals surface area contributed by atoms with Crippen LogP contribution in [0.2, 0.25) is 0 Å². The Balaban J connectivity index is 1.74. The summed E-state index contributed by atoms with van der Waals surface area (Å²) in [6.07, 6.45) is -2.73. The first-order valence-corrected chi connectivity index (χ1v) is 8.76. The van der Waals surface area contributed by atoms with Gasteiger partial charge < -0.3 is 20.3 Å². The van der Waals surface area contributed by atoms with Gasteiger partial charge in [-0.15, -0.1) is 11.3 Å². The van der Waals surface area contributed by atoms with Gasteiger partial charge in [-0.05, 0) is 30.4 Å². The summed E-state index contributed by atoms with van der Waals surface area (Å²) in [4.78, 5) is 23.5. The highest BCUT2D eigenvalue weighted by atomic mass is 32.1. The largest absolute Gasteiger partial charge is 0.445 e. The summed E-state index contributed by atoms with van der Waals surface area (Å²) in [6, 6.07) is 10.9. The summed E-state index contributed by atoms with van der Waals surface area (Å²) in [5, 5.41) is 24.5. The van der Waals surface area contributed by atoms with Crippen molar-refractivity contribution in [2.75, 3.05) is 6.54 Å². The van der Waals surface area contributed by atoms with E-state index < -0.39 is 18.3 Å². The number of amides is 1. The van der Waals surface area contributed by atoms with E-state index in [1.165, 1.54) is 18.3 Å². The van der Waals surface area contributed by atoms with Crippen LogP contribution in [-0.2, 0) is 11.3 Å². The number of ether oxygens (including phenoxy) is 1. The molecule has 2 atom stereocenters. The summed E-state index contributed by atoms with van der Waals surface area (Å²) in [5.74, 6) is -0.154. The van der Waals surface area contributed by atoms with Gasteiger partial charge in [0.05, 0.1) is 11.0 Å². The van der Waals surface area contributed by atoms with Crippen LogP contribution in [0.15, 0.2) is 41.8 Å². The molecule has 6 nitrogen and oxygen atoms in total. The van der Waals surface area contributed by atoms with Gasteiger partial charge in [-0.2, -0.15) is 0 Å². The molecule has 2 aromatic rings. The Bertz CT molecular complexity index is 701. The molecule has 0 aliphatic heterocycles. The van der Waals surface area contributed by atoms with E-state index >= 15 is 0 Å². The third-order valence-electron chi connectivity index (χ3n) is 3.62. The number of nitrogens with one attached hydrogen (secondary N) is 1. The van der Waals surface area contributed by atoms with Crippen molar-refractivity contribution in [2.45, 2.75) is 32.2 Å². The Kier molecular flexibility index (Phi) is 7.12. The topological polar surface area (TPSA) is 95.9 Å². The number of hydrogen-bond acceptors (Lipinski definition) is 6. The second kappa shape index (κ2) is 9.31. The predicted octanol–water partition coefficient (Wildman–Crippen LogP) is 2.66. The molecule has 0 saturated carbocycles. The summed E-state index contributed by atoms with van der Waals surface area (Å²) in [6.45, 7) is 1.72. The second-order valence-corrected chi connectivity index (χ2v) is 6.47. The van der Waals surface area contributed by atoms with E-state index in [4.69, 9.17) is 4.74 Å². The van der Waals surface area contributed by atoms with Crippen molar-refractivity contribution in [2.24, 2.45) is 0 Å². The van der Waals surface area contributed by atoms with E-state index in [1.807, 2.05) is 30.3 Å². The number of Topliss-reactive ketones (excluding diaryl/α,β-unsaturated/α-hetero) is 1. The van der Waals surface area contributed by atoms with Gasteiger partial charge in [0.1, 0.15) is 12.7 Å². The Morgan fingerprint density at radius 2 is 1.92 bits per heavy atom. The van der Waals surface area contributed by atoms with Gasteiger partial charge in [-0.3, -0.25) is 4.79 Å².